The van der Waals surface area contributed by atoms with Gasteiger partial charge in [-0.1, -0.05) is 18.2 Å². The highest BCUT2D eigenvalue weighted by atomic mass is 79.9. The van der Waals surface area contributed by atoms with Gasteiger partial charge in [0.05, 0.1) is 5.69 Å². The molecule has 0 aliphatic carbocycles. The number of carbonyl (C=O) groups excluding carboxylic acids is 1. The van der Waals surface area contributed by atoms with Crippen LogP contribution >= 0.6 is 15.9 Å². The number of hydrogen-bond donors (Lipinski definition) is 2. The maximum absolute atomic E-state index is 13.3. The van der Waals surface area contributed by atoms with Crippen LogP contribution in [0.3, 0.4) is 0 Å². The zero-order chi connectivity index (χ0) is 20.1. The maximum Gasteiger partial charge on any atom is 0.231 e. The van der Waals surface area contributed by atoms with Gasteiger partial charge in [-0.25, -0.2) is 9.37 Å². The molecule has 2 heterocycles. The number of halogens is 2. The minimum atomic E-state index is -0.735. The lowest BCUT2D eigenvalue weighted by atomic mass is 9.94. The van der Waals surface area contributed by atoms with Crippen LogP contribution in [0, 0.1) is 12.7 Å². The summed E-state index contributed by atoms with van der Waals surface area (Å²) in [5.41, 5.74) is 8.59. The second-order valence-corrected chi connectivity index (χ2v) is 7.35. The van der Waals surface area contributed by atoms with E-state index in [4.69, 9.17) is 5.73 Å². The van der Waals surface area contributed by atoms with Gasteiger partial charge >= 0.3 is 0 Å². The van der Waals surface area contributed by atoms with Crippen molar-refractivity contribution in [3.8, 4) is 0 Å². The predicted molar refractivity (Wildman–Crippen MR) is 111 cm³/mol. The van der Waals surface area contributed by atoms with E-state index in [0.29, 0.717) is 30.0 Å². The number of nitrogens with one attached hydrogen (secondary N) is 1. The molecule has 28 heavy (non-hydrogen) atoms. The van der Waals surface area contributed by atoms with E-state index in [-0.39, 0.29) is 5.82 Å². The van der Waals surface area contributed by atoms with Gasteiger partial charge in [-0.3, -0.25) is 9.78 Å². The number of aromatic nitrogens is 2. The normalized spacial score (nSPS) is 11.8. The van der Waals surface area contributed by atoms with Gasteiger partial charge in [0, 0.05) is 28.5 Å². The number of pyridine rings is 2. The fourth-order valence-electron chi connectivity index (χ4n) is 3.02. The average Bonchev–Trinajstić information content (AvgIpc) is 2.63. The molecular formula is C21H20BrFN4O. The van der Waals surface area contributed by atoms with Gasteiger partial charge in [0.1, 0.15) is 17.6 Å². The molecule has 0 bridgehead atoms. The molecule has 0 saturated heterocycles. The van der Waals surface area contributed by atoms with E-state index in [2.05, 4.69) is 31.2 Å². The molecular weight excluding hydrogens is 423 g/mol. The van der Waals surface area contributed by atoms with E-state index in [0.717, 1.165) is 15.7 Å². The Bertz CT molecular complexity index is 996. The van der Waals surface area contributed by atoms with Crippen molar-refractivity contribution in [2.45, 2.75) is 19.3 Å². The Kier molecular flexibility index (Phi) is 6.36. The number of primary amides is 1. The number of amides is 1. The molecule has 0 saturated carbocycles. The number of nitrogens with zero attached hydrogens (tertiary/aromatic N) is 2. The summed E-state index contributed by atoms with van der Waals surface area (Å²) in [5, 5.41) is 3.24. The molecule has 0 aliphatic rings. The van der Waals surface area contributed by atoms with Crippen molar-refractivity contribution >= 4 is 27.7 Å². The first-order chi connectivity index (χ1) is 13.4. The molecule has 1 amide bonds. The summed E-state index contributed by atoms with van der Waals surface area (Å²) in [6.07, 6.45) is 2.26. The van der Waals surface area contributed by atoms with Crippen LogP contribution in [0.15, 0.2) is 59.2 Å². The Hall–Kier alpha value is -2.80. The summed E-state index contributed by atoms with van der Waals surface area (Å²) in [6.45, 7) is 2.39. The van der Waals surface area contributed by atoms with Crippen molar-refractivity contribution in [2.24, 2.45) is 5.73 Å². The van der Waals surface area contributed by atoms with Crippen LogP contribution in [-0.2, 0) is 11.2 Å². The zero-order valence-corrected chi connectivity index (χ0v) is 16.9. The summed E-state index contributed by atoms with van der Waals surface area (Å²) in [4.78, 5) is 21.2. The molecule has 1 atom stereocenters. The Morgan fingerprint density at radius 1 is 1.25 bits per heavy atom. The molecule has 5 nitrogen and oxygen atoms in total. The number of carbonyl (C=O) groups is 1. The number of aryl methyl sites for hydroxylation is 1. The third-order valence-electron chi connectivity index (χ3n) is 4.28. The average molecular weight is 443 g/mol. The standard InChI is InChI=1S/C21H20BrFN4O/c1-13-4-2-7-18(27-13)19(20(24)28)17-11-15(22)12-26-21(17)25-9-8-14-5-3-6-16(23)10-14/h2-7,10-12,19H,8-9H2,1H3,(H2,24,28)(H,25,26). The molecule has 3 N–H and O–H groups in total. The molecule has 0 spiro atoms. The van der Waals surface area contributed by atoms with Crippen LogP contribution in [-0.4, -0.2) is 22.4 Å². The van der Waals surface area contributed by atoms with Gasteiger partial charge in [-0.15, -0.1) is 0 Å². The van der Waals surface area contributed by atoms with Gasteiger partial charge in [-0.2, -0.15) is 0 Å². The fraction of sp³-hybridized carbons (Fsp3) is 0.190. The largest absolute Gasteiger partial charge is 0.369 e. The molecule has 3 aromatic rings. The number of nitrogens with two attached hydrogens (primary N) is 1. The SMILES string of the molecule is Cc1cccc(C(C(N)=O)c2cc(Br)cnc2NCCc2cccc(F)c2)n1. The molecule has 0 radical (unpaired) electrons. The lowest BCUT2D eigenvalue weighted by Gasteiger charge is -2.18. The molecule has 1 aromatic carbocycles. The molecule has 3 rings (SSSR count). The Balaban J connectivity index is 1.87. The van der Waals surface area contributed by atoms with E-state index in [9.17, 15) is 9.18 Å². The summed E-state index contributed by atoms with van der Waals surface area (Å²) in [7, 11) is 0. The quantitative estimate of drug-likeness (QED) is 0.580. The van der Waals surface area contributed by atoms with Crippen molar-refractivity contribution in [2.75, 3.05) is 11.9 Å². The molecule has 0 fully saturated rings. The van der Waals surface area contributed by atoms with Crippen molar-refractivity contribution in [1.29, 1.82) is 0 Å². The molecule has 144 valence electrons. The second-order valence-electron chi connectivity index (χ2n) is 6.44. The highest BCUT2D eigenvalue weighted by Crippen LogP contribution is 2.30. The van der Waals surface area contributed by atoms with Crippen molar-refractivity contribution < 1.29 is 9.18 Å². The first kappa shape index (κ1) is 19.9. The van der Waals surface area contributed by atoms with Crippen LogP contribution in [0.4, 0.5) is 10.2 Å². The maximum atomic E-state index is 13.3. The summed E-state index contributed by atoms with van der Waals surface area (Å²) in [6, 6.07) is 13.8. The van der Waals surface area contributed by atoms with E-state index in [1.165, 1.54) is 12.1 Å². The number of rotatable bonds is 7. The van der Waals surface area contributed by atoms with E-state index in [1.54, 1.807) is 18.3 Å². The van der Waals surface area contributed by atoms with Gasteiger partial charge in [-0.05, 0) is 65.2 Å². The number of hydrogen-bond acceptors (Lipinski definition) is 4. The smallest absolute Gasteiger partial charge is 0.231 e. The Labute approximate surface area is 171 Å². The van der Waals surface area contributed by atoms with Crippen LogP contribution < -0.4 is 11.1 Å². The third kappa shape index (κ3) is 4.92. The lowest BCUT2D eigenvalue weighted by molar-refractivity contribution is -0.118. The van der Waals surface area contributed by atoms with E-state index in [1.807, 2.05) is 31.2 Å². The van der Waals surface area contributed by atoms with E-state index >= 15 is 0 Å². The van der Waals surface area contributed by atoms with Gasteiger partial charge in [0.2, 0.25) is 5.91 Å². The van der Waals surface area contributed by atoms with Gasteiger partial charge < -0.3 is 11.1 Å². The van der Waals surface area contributed by atoms with Crippen LogP contribution in [0.2, 0.25) is 0 Å². The monoisotopic (exact) mass is 442 g/mol. The van der Waals surface area contributed by atoms with Gasteiger partial charge in [0.15, 0.2) is 0 Å². The van der Waals surface area contributed by atoms with Crippen LogP contribution in [0.5, 0.6) is 0 Å². The van der Waals surface area contributed by atoms with Crippen LogP contribution in [0.1, 0.15) is 28.4 Å². The topological polar surface area (TPSA) is 80.9 Å². The predicted octanol–water partition coefficient (Wildman–Crippen LogP) is 3.96. The molecule has 0 aliphatic heterocycles. The van der Waals surface area contributed by atoms with Crippen molar-refractivity contribution in [3.05, 3.63) is 87.5 Å². The van der Waals surface area contributed by atoms with Gasteiger partial charge in [0.25, 0.3) is 0 Å². The van der Waals surface area contributed by atoms with Crippen molar-refractivity contribution in [1.82, 2.24) is 9.97 Å². The number of anilines is 1. The summed E-state index contributed by atoms with van der Waals surface area (Å²) in [5.74, 6) is -0.960. The number of benzene rings is 1. The third-order valence-corrected chi connectivity index (χ3v) is 4.71. The zero-order valence-electron chi connectivity index (χ0n) is 15.3. The second kappa shape index (κ2) is 8.93. The molecule has 7 heteroatoms. The minimum Gasteiger partial charge on any atom is -0.369 e. The Morgan fingerprint density at radius 2 is 2.04 bits per heavy atom. The summed E-state index contributed by atoms with van der Waals surface area (Å²) >= 11 is 3.41. The minimum absolute atomic E-state index is 0.265. The molecule has 1 unspecified atom stereocenters. The van der Waals surface area contributed by atoms with E-state index < -0.39 is 11.8 Å². The van der Waals surface area contributed by atoms with Crippen LogP contribution in [0.25, 0.3) is 0 Å². The first-order valence-corrected chi connectivity index (χ1v) is 9.60. The highest BCUT2D eigenvalue weighted by molar-refractivity contribution is 9.10. The lowest BCUT2D eigenvalue weighted by Crippen LogP contribution is -2.25. The molecule has 2 aromatic heterocycles. The van der Waals surface area contributed by atoms with Crippen molar-refractivity contribution in [3.63, 3.8) is 0 Å². The highest BCUT2D eigenvalue weighted by Gasteiger charge is 2.25. The Morgan fingerprint density at radius 3 is 2.75 bits per heavy atom. The first-order valence-electron chi connectivity index (χ1n) is 8.80. The summed E-state index contributed by atoms with van der Waals surface area (Å²) < 4.78 is 14.1. The fourth-order valence-corrected chi connectivity index (χ4v) is 3.37.